The van der Waals surface area contributed by atoms with Gasteiger partial charge < -0.3 is 11.1 Å². The molecule has 0 bridgehead atoms. The van der Waals surface area contributed by atoms with E-state index in [9.17, 15) is 0 Å². The predicted octanol–water partition coefficient (Wildman–Crippen LogP) is 4.20. The van der Waals surface area contributed by atoms with Crippen LogP contribution in [0.25, 0.3) is 10.8 Å². The van der Waals surface area contributed by atoms with Gasteiger partial charge in [0.25, 0.3) is 0 Å². The molecule has 3 N–H and O–H groups in total. The Kier molecular flexibility index (Phi) is 3.67. The molecule has 3 nitrogen and oxygen atoms in total. The maximum atomic E-state index is 5.77. The van der Waals surface area contributed by atoms with E-state index in [0.29, 0.717) is 6.54 Å². The molecule has 0 amide bonds. The summed E-state index contributed by atoms with van der Waals surface area (Å²) in [6.07, 6.45) is 1.81. The van der Waals surface area contributed by atoms with E-state index in [2.05, 4.69) is 32.3 Å². The monoisotopic (exact) mass is 327 g/mol. The molecule has 0 aliphatic heterocycles. The van der Waals surface area contributed by atoms with Crippen molar-refractivity contribution in [1.82, 2.24) is 4.98 Å². The number of rotatable bonds is 3. The fourth-order valence-corrected chi connectivity index (χ4v) is 2.71. The van der Waals surface area contributed by atoms with Crippen molar-refractivity contribution in [2.75, 3.05) is 5.32 Å². The van der Waals surface area contributed by atoms with Crippen molar-refractivity contribution >= 4 is 38.2 Å². The molecule has 0 unspecified atom stereocenters. The van der Waals surface area contributed by atoms with Crippen LogP contribution in [0, 0.1) is 0 Å². The molecular formula is C16H14BrN3. The van der Waals surface area contributed by atoms with Gasteiger partial charge in [-0.2, -0.15) is 0 Å². The Morgan fingerprint density at radius 1 is 1.00 bits per heavy atom. The fourth-order valence-electron chi connectivity index (χ4n) is 2.22. The Morgan fingerprint density at radius 3 is 2.70 bits per heavy atom. The number of hydrogen-bond acceptors (Lipinski definition) is 3. The second-order valence-corrected chi connectivity index (χ2v) is 5.34. The second-order valence-electron chi connectivity index (χ2n) is 4.48. The molecule has 3 aromatic rings. The standard InChI is InChI=1S/C16H14BrN3/c17-14-6-3-5-13-12(14)8-9-19-16(13)20-15-7-2-1-4-11(15)10-18/h1-9H,10,18H2,(H,19,20). The van der Waals surface area contributed by atoms with Crippen LogP contribution >= 0.6 is 15.9 Å². The van der Waals surface area contributed by atoms with E-state index in [4.69, 9.17) is 5.73 Å². The quantitative estimate of drug-likeness (QED) is 0.758. The normalized spacial score (nSPS) is 10.7. The highest BCUT2D eigenvalue weighted by Gasteiger charge is 2.06. The third kappa shape index (κ3) is 2.40. The minimum Gasteiger partial charge on any atom is -0.339 e. The highest BCUT2D eigenvalue weighted by Crippen LogP contribution is 2.30. The zero-order chi connectivity index (χ0) is 13.9. The van der Waals surface area contributed by atoms with Crippen molar-refractivity contribution in [3.63, 3.8) is 0 Å². The number of nitrogens with one attached hydrogen (secondary N) is 1. The molecule has 1 aromatic heterocycles. The molecule has 0 radical (unpaired) electrons. The first-order valence-electron chi connectivity index (χ1n) is 6.38. The van der Waals surface area contributed by atoms with Gasteiger partial charge in [0.2, 0.25) is 0 Å². The van der Waals surface area contributed by atoms with Crippen LogP contribution in [0.5, 0.6) is 0 Å². The van der Waals surface area contributed by atoms with Crippen molar-refractivity contribution in [2.24, 2.45) is 5.73 Å². The number of aromatic nitrogens is 1. The molecule has 0 aliphatic rings. The molecule has 0 atom stereocenters. The number of nitrogens with two attached hydrogens (primary N) is 1. The van der Waals surface area contributed by atoms with Crippen LogP contribution in [0.3, 0.4) is 0 Å². The molecule has 100 valence electrons. The van der Waals surface area contributed by atoms with Crippen molar-refractivity contribution in [3.8, 4) is 0 Å². The van der Waals surface area contributed by atoms with Crippen LogP contribution < -0.4 is 11.1 Å². The van der Waals surface area contributed by atoms with Gasteiger partial charge >= 0.3 is 0 Å². The molecule has 0 spiro atoms. The number of benzene rings is 2. The number of para-hydroxylation sites is 1. The summed E-state index contributed by atoms with van der Waals surface area (Å²) in [4.78, 5) is 4.45. The summed E-state index contributed by atoms with van der Waals surface area (Å²) in [5.74, 6) is 0.838. The van der Waals surface area contributed by atoms with Gasteiger partial charge in [0.05, 0.1) is 0 Å². The van der Waals surface area contributed by atoms with Crippen LogP contribution in [0.4, 0.5) is 11.5 Å². The van der Waals surface area contributed by atoms with Crippen LogP contribution in [0.1, 0.15) is 5.56 Å². The second kappa shape index (κ2) is 5.61. The van der Waals surface area contributed by atoms with Gasteiger partial charge in [0, 0.05) is 33.7 Å². The minimum atomic E-state index is 0.498. The lowest BCUT2D eigenvalue weighted by atomic mass is 10.1. The number of hydrogen-bond donors (Lipinski definition) is 2. The molecule has 0 saturated heterocycles. The molecule has 4 heteroatoms. The van der Waals surface area contributed by atoms with Gasteiger partial charge in [-0.3, -0.25) is 0 Å². The maximum Gasteiger partial charge on any atom is 0.138 e. The molecular weight excluding hydrogens is 314 g/mol. The molecule has 0 fully saturated rings. The summed E-state index contributed by atoms with van der Waals surface area (Å²) in [6.45, 7) is 0.498. The molecule has 2 aromatic carbocycles. The zero-order valence-electron chi connectivity index (χ0n) is 10.8. The van der Waals surface area contributed by atoms with Gasteiger partial charge in [-0.05, 0) is 23.8 Å². The van der Waals surface area contributed by atoms with E-state index < -0.39 is 0 Å². The van der Waals surface area contributed by atoms with Crippen molar-refractivity contribution < 1.29 is 0 Å². The van der Waals surface area contributed by atoms with Gasteiger partial charge in [-0.25, -0.2) is 4.98 Å². The molecule has 3 rings (SSSR count). The van der Waals surface area contributed by atoms with Crippen molar-refractivity contribution in [3.05, 3.63) is 64.8 Å². The first-order chi connectivity index (χ1) is 9.79. The summed E-state index contributed by atoms with van der Waals surface area (Å²) < 4.78 is 1.06. The summed E-state index contributed by atoms with van der Waals surface area (Å²) in [5.41, 5.74) is 7.84. The van der Waals surface area contributed by atoms with Crippen LogP contribution in [-0.2, 0) is 6.54 Å². The summed E-state index contributed by atoms with van der Waals surface area (Å²) in [7, 11) is 0. The Labute approximate surface area is 126 Å². The first-order valence-corrected chi connectivity index (χ1v) is 7.17. The number of nitrogens with zero attached hydrogens (tertiary/aromatic N) is 1. The SMILES string of the molecule is NCc1ccccc1Nc1nccc2c(Br)cccc12. The molecule has 0 saturated carbocycles. The summed E-state index contributed by atoms with van der Waals surface area (Å²) >= 11 is 3.57. The van der Waals surface area contributed by atoms with Crippen LogP contribution in [-0.4, -0.2) is 4.98 Å². The smallest absolute Gasteiger partial charge is 0.138 e. The molecule has 1 heterocycles. The van der Waals surface area contributed by atoms with E-state index in [0.717, 1.165) is 32.3 Å². The predicted molar refractivity (Wildman–Crippen MR) is 87.1 cm³/mol. The topological polar surface area (TPSA) is 50.9 Å². The first kappa shape index (κ1) is 13.1. The lowest BCUT2D eigenvalue weighted by molar-refractivity contribution is 1.07. The van der Waals surface area contributed by atoms with E-state index in [1.165, 1.54) is 0 Å². The lowest BCUT2D eigenvalue weighted by Crippen LogP contribution is -2.02. The average Bonchev–Trinajstić information content (AvgIpc) is 2.49. The molecule has 0 aliphatic carbocycles. The third-order valence-corrected chi connectivity index (χ3v) is 3.93. The number of fused-ring (bicyclic) bond motifs is 1. The Bertz CT molecular complexity index is 756. The number of halogens is 1. The lowest BCUT2D eigenvalue weighted by Gasteiger charge is -2.12. The van der Waals surface area contributed by atoms with E-state index in [1.807, 2.05) is 42.5 Å². The Balaban J connectivity index is 2.09. The summed E-state index contributed by atoms with van der Waals surface area (Å²) in [5, 5.41) is 5.59. The van der Waals surface area contributed by atoms with Gasteiger partial charge in [0.15, 0.2) is 0 Å². The van der Waals surface area contributed by atoms with Gasteiger partial charge in [0.1, 0.15) is 5.82 Å². The third-order valence-electron chi connectivity index (χ3n) is 3.24. The maximum absolute atomic E-state index is 5.77. The van der Waals surface area contributed by atoms with E-state index in [-0.39, 0.29) is 0 Å². The van der Waals surface area contributed by atoms with Gasteiger partial charge in [-0.15, -0.1) is 0 Å². The highest BCUT2D eigenvalue weighted by molar-refractivity contribution is 9.10. The number of pyridine rings is 1. The van der Waals surface area contributed by atoms with E-state index >= 15 is 0 Å². The molecule has 20 heavy (non-hydrogen) atoms. The summed E-state index contributed by atoms with van der Waals surface area (Å²) in [6, 6.07) is 16.1. The number of anilines is 2. The average molecular weight is 328 g/mol. The highest BCUT2D eigenvalue weighted by atomic mass is 79.9. The zero-order valence-corrected chi connectivity index (χ0v) is 12.4. The van der Waals surface area contributed by atoms with Gasteiger partial charge in [-0.1, -0.05) is 46.3 Å². The van der Waals surface area contributed by atoms with E-state index in [1.54, 1.807) is 6.20 Å². The Hall–Kier alpha value is -1.91. The van der Waals surface area contributed by atoms with Crippen molar-refractivity contribution in [1.29, 1.82) is 0 Å². The van der Waals surface area contributed by atoms with Crippen LogP contribution in [0.2, 0.25) is 0 Å². The Morgan fingerprint density at radius 2 is 1.85 bits per heavy atom. The fraction of sp³-hybridized carbons (Fsp3) is 0.0625. The minimum absolute atomic E-state index is 0.498. The van der Waals surface area contributed by atoms with Crippen molar-refractivity contribution in [2.45, 2.75) is 6.54 Å². The van der Waals surface area contributed by atoms with Crippen LogP contribution in [0.15, 0.2) is 59.2 Å². The largest absolute Gasteiger partial charge is 0.339 e.